The number of nitrogens with zero attached hydrogens (tertiary/aromatic N) is 4. The fourth-order valence-corrected chi connectivity index (χ4v) is 5.27. The fraction of sp³-hybridized carbons (Fsp3) is 0.222. The van der Waals surface area contributed by atoms with Gasteiger partial charge in [0.25, 0.3) is 0 Å². The zero-order chi connectivity index (χ0) is 19.1. The summed E-state index contributed by atoms with van der Waals surface area (Å²) < 4.78 is 16.2. The van der Waals surface area contributed by atoms with Crippen LogP contribution in [0.25, 0.3) is 20.9 Å². The molecule has 1 amide bonds. The number of amides is 1. The van der Waals surface area contributed by atoms with Crippen molar-refractivity contribution in [3.8, 4) is 10.7 Å². The first-order chi connectivity index (χ1) is 13.7. The molecule has 142 valence electrons. The van der Waals surface area contributed by atoms with Crippen molar-refractivity contribution in [3.63, 3.8) is 0 Å². The van der Waals surface area contributed by atoms with Crippen LogP contribution in [0.15, 0.2) is 40.9 Å². The highest BCUT2D eigenvalue weighted by molar-refractivity contribution is 7.99. The number of aromatic nitrogens is 4. The molecule has 5 rings (SSSR count). The summed E-state index contributed by atoms with van der Waals surface area (Å²) in [6.07, 6.45) is 2.22. The average Bonchev–Trinajstić information content (AvgIpc) is 3.09. The molecule has 1 aliphatic rings. The largest absolute Gasteiger partial charge is 0.301 e. The van der Waals surface area contributed by atoms with Crippen LogP contribution in [0.2, 0.25) is 0 Å². The molecule has 0 bridgehead atoms. The van der Waals surface area contributed by atoms with Gasteiger partial charge in [-0.1, -0.05) is 29.2 Å². The molecule has 0 atom stereocenters. The lowest BCUT2D eigenvalue weighted by Gasteiger charge is -2.07. The second-order valence-corrected chi connectivity index (χ2v) is 9.27. The maximum atomic E-state index is 13.3. The third-order valence-electron chi connectivity index (χ3n) is 4.25. The third-order valence-corrected chi connectivity index (χ3v) is 6.99. The number of fused-ring (bicyclic) bond motifs is 1. The van der Waals surface area contributed by atoms with E-state index in [1.807, 2.05) is 17.5 Å². The van der Waals surface area contributed by atoms with Crippen molar-refractivity contribution in [3.05, 3.63) is 41.5 Å². The van der Waals surface area contributed by atoms with Crippen molar-refractivity contribution >= 4 is 55.7 Å². The monoisotopic (exact) mass is 431 g/mol. The molecule has 1 aromatic carbocycles. The van der Waals surface area contributed by atoms with Gasteiger partial charge in [0, 0.05) is 6.04 Å². The number of anilines is 1. The van der Waals surface area contributed by atoms with E-state index in [0.29, 0.717) is 21.4 Å². The molecule has 4 aromatic rings. The molecule has 1 N–H and O–H groups in total. The molecular weight excluding hydrogens is 417 g/mol. The predicted molar refractivity (Wildman–Crippen MR) is 111 cm³/mol. The van der Waals surface area contributed by atoms with Gasteiger partial charge in [-0.3, -0.25) is 9.36 Å². The van der Waals surface area contributed by atoms with Crippen molar-refractivity contribution in [2.75, 3.05) is 11.1 Å². The number of carbonyl (C=O) groups excluding carboxylic acids is 1. The Morgan fingerprint density at radius 1 is 1.32 bits per heavy atom. The third kappa shape index (κ3) is 3.54. The summed E-state index contributed by atoms with van der Waals surface area (Å²) in [7, 11) is 0. The van der Waals surface area contributed by atoms with E-state index in [1.54, 1.807) is 17.4 Å². The number of benzene rings is 1. The van der Waals surface area contributed by atoms with Crippen molar-refractivity contribution in [2.24, 2.45) is 0 Å². The Labute approximate surface area is 171 Å². The van der Waals surface area contributed by atoms with Crippen molar-refractivity contribution < 1.29 is 9.18 Å². The second kappa shape index (κ2) is 7.26. The topological polar surface area (TPSA) is 72.7 Å². The van der Waals surface area contributed by atoms with Gasteiger partial charge in [0.15, 0.2) is 16.1 Å². The summed E-state index contributed by atoms with van der Waals surface area (Å²) in [6, 6.07) is 8.83. The van der Waals surface area contributed by atoms with Gasteiger partial charge in [0.2, 0.25) is 5.91 Å². The second-order valence-electron chi connectivity index (χ2n) is 6.35. The Bertz CT molecular complexity index is 1150. The maximum Gasteiger partial charge on any atom is 0.236 e. The van der Waals surface area contributed by atoms with Crippen LogP contribution in [0.3, 0.4) is 0 Å². The molecule has 10 heteroatoms. The van der Waals surface area contributed by atoms with Gasteiger partial charge in [-0.05, 0) is 42.5 Å². The number of thiazole rings is 1. The van der Waals surface area contributed by atoms with E-state index in [0.717, 1.165) is 28.7 Å². The van der Waals surface area contributed by atoms with Crippen molar-refractivity contribution in [1.29, 1.82) is 0 Å². The number of nitrogens with one attached hydrogen (secondary N) is 1. The molecule has 0 radical (unpaired) electrons. The van der Waals surface area contributed by atoms with Gasteiger partial charge in [-0.15, -0.1) is 21.5 Å². The van der Waals surface area contributed by atoms with E-state index in [9.17, 15) is 9.18 Å². The Hall–Kier alpha value is -2.30. The molecule has 3 heterocycles. The highest BCUT2D eigenvalue weighted by Crippen LogP contribution is 2.41. The van der Waals surface area contributed by atoms with Gasteiger partial charge in [-0.25, -0.2) is 9.37 Å². The van der Waals surface area contributed by atoms with Crippen LogP contribution in [-0.2, 0) is 4.79 Å². The van der Waals surface area contributed by atoms with Gasteiger partial charge >= 0.3 is 0 Å². The Balaban J connectivity index is 1.29. The van der Waals surface area contributed by atoms with Crippen molar-refractivity contribution in [2.45, 2.75) is 24.0 Å². The number of hydrogen-bond donors (Lipinski definition) is 1. The summed E-state index contributed by atoms with van der Waals surface area (Å²) in [5, 5.41) is 14.7. The van der Waals surface area contributed by atoms with E-state index in [4.69, 9.17) is 0 Å². The van der Waals surface area contributed by atoms with E-state index in [1.165, 1.54) is 35.2 Å². The molecule has 0 unspecified atom stereocenters. The van der Waals surface area contributed by atoms with Gasteiger partial charge in [0.05, 0.1) is 20.8 Å². The molecule has 6 nitrogen and oxygen atoms in total. The number of carbonyl (C=O) groups is 1. The SMILES string of the molecule is O=C(CSc1nnc(-c2cccs2)n1C1CC1)Nc1nc2ccc(F)cc2s1. The lowest BCUT2D eigenvalue weighted by molar-refractivity contribution is -0.113. The molecular formula is C18H14FN5OS3. The zero-order valence-electron chi connectivity index (χ0n) is 14.5. The molecule has 0 spiro atoms. The van der Waals surface area contributed by atoms with Crippen molar-refractivity contribution in [1.82, 2.24) is 19.7 Å². The van der Waals surface area contributed by atoms with Crippen LogP contribution in [0, 0.1) is 5.82 Å². The molecule has 3 aromatic heterocycles. The fourth-order valence-electron chi connectivity index (χ4n) is 2.85. The Morgan fingerprint density at radius 3 is 3.00 bits per heavy atom. The lowest BCUT2D eigenvalue weighted by Crippen LogP contribution is -2.14. The quantitative estimate of drug-likeness (QED) is 0.443. The number of rotatable bonds is 6. The normalized spacial score (nSPS) is 13.9. The summed E-state index contributed by atoms with van der Waals surface area (Å²) in [4.78, 5) is 17.8. The smallest absolute Gasteiger partial charge is 0.236 e. The Morgan fingerprint density at radius 2 is 2.21 bits per heavy atom. The van der Waals surface area contributed by atoms with Crippen LogP contribution in [0.5, 0.6) is 0 Å². The molecule has 0 saturated heterocycles. The van der Waals surface area contributed by atoms with Gasteiger partial charge < -0.3 is 5.32 Å². The highest BCUT2D eigenvalue weighted by Gasteiger charge is 2.30. The summed E-state index contributed by atoms with van der Waals surface area (Å²) >= 11 is 4.26. The zero-order valence-corrected chi connectivity index (χ0v) is 16.9. The molecule has 1 fully saturated rings. The summed E-state index contributed by atoms with van der Waals surface area (Å²) in [5.41, 5.74) is 0.670. The van der Waals surface area contributed by atoms with E-state index >= 15 is 0 Å². The minimum Gasteiger partial charge on any atom is -0.301 e. The minimum atomic E-state index is -0.314. The average molecular weight is 432 g/mol. The van der Waals surface area contributed by atoms with E-state index in [-0.39, 0.29) is 17.5 Å². The molecule has 28 heavy (non-hydrogen) atoms. The first-order valence-corrected chi connectivity index (χ1v) is 11.3. The van der Waals surface area contributed by atoms with Gasteiger partial charge in [0.1, 0.15) is 5.82 Å². The summed E-state index contributed by atoms with van der Waals surface area (Å²) in [5.74, 6) is 0.589. The number of hydrogen-bond acceptors (Lipinski definition) is 7. The lowest BCUT2D eigenvalue weighted by atomic mass is 10.3. The van der Waals surface area contributed by atoms with Crippen LogP contribution in [0.1, 0.15) is 18.9 Å². The minimum absolute atomic E-state index is 0.174. The maximum absolute atomic E-state index is 13.3. The summed E-state index contributed by atoms with van der Waals surface area (Å²) in [6.45, 7) is 0. The Kier molecular flexibility index (Phi) is 4.61. The highest BCUT2D eigenvalue weighted by atomic mass is 32.2. The number of thioether (sulfide) groups is 1. The number of halogens is 1. The predicted octanol–water partition coefficient (Wildman–Crippen LogP) is 4.82. The standard InChI is InChI=1S/C18H14FN5OS3/c19-10-3-6-12-14(8-10)28-17(20-12)21-15(25)9-27-18-23-22-16(13-2-1-7-26-13)24(18)11-4-5-11/h1-3,6-8,11H,4-5,9H2,(H,20,21,25). The van der Waals surface area contributed by atoms with E-state index < -0.39 is 0 Å². The van der Waals surface area contributed by atoms with Crippen LogP contribution < -0.4 is 5.32 Å². The number of thiophene rings is 1. The van der Waals surface area contributed by atoms with Crippen LogP contribution in [0.4, 0.5) is 9.52 Å². The van der Waals surface area contributed by atoms with Crippen LogP contribution in [-0.4, -0.2) is 31.4 Å². The molecule has 0 aliphatic heterocycles. The van der Waals surface area contributed by atoms with Crippen LogP contribution >= 0.6 is 34.4 Å². The first-order valence-electron chi connectivity index (χ1n) is 8.65. The first kappa shape index (κ1) is 17.8. The van der Waals surface area contributed by atoms with E-state index in [2.05, 4.69) is 25.1 Å². The molecule has 1 aliphatic carbocycles. The van der Waals surface area contributed by atoms with Gasteiger partial charge in [-0.2, -0.15) is 0 Å². The molecule has 1 saturated carbocycles.